The van der Waals surface area contributed by atoms with Gasteiger partial charge in [0.1, 0.15) is 6.20 Å². The minimum Gasteiger partial charge on any atom is -0.345 e. The molecule has 3 aromatic rings. The monoisotopic (exact) mass is 424 g/mol. The highest BCUT2D eigenvalue weighted by Crippen LogP contribution is 2.36. The molecular formula is C22H21ClN4O3. The molecule has 0 saturated heterocycles. The molecule has 2 aromatic carbocycles. The van der Waals surface area contributed by atoms with Gasteiger partial charge >= 0.3 is 5.69 Å². The van der Waals surface area contributed by atoms with Gasteiger partial charge in [0, 0.05) is 0 Å². The van der Waals surface area contributed by atoms with E-state index in [0.717, 1.165) is 42.1 Å². The van der Waals surface area contributed by atoms with Crippen LogP contribution < -0.4 is 16.6 Å². The average molecular weight is 425 g/mol. The summed E-state index contributed by atoms with van der Waals surface area (Å²) < 4.78 is 1.01. The van der Waals surface area contributed by atoms with Gasteiger partial charge in [0.15, 0.2) is 0 Å². The maximum Gasteiger partial charge on any atom is 0.349 e. The Balaban J connectivity index is 1.66. The number of carbonyl (C=O) groups excluding carboxylic acids is 1. The van der Waals surface area contributed by atoms with E-state index in [-0.39, 0.29) is 22.5 Å². The largest absolute Gasteiger partial charge is 0.349 e. The molecule has 1 aliphatic carbocycles. The number of benzene rings is 2. The van der Waals surface area contributed by atoms with Crippen molar-refractivity contribution in [3.05, 3.63) is 91.7 Å². The van der Waals surface area contributed by atoms with Crippen LogP contribution in [0.5, 0.6) is 0 Å². The summed E-state index contributed by atoms with van der Waals surface area (Å²) in [5, 5.41) is 7.25. The number of amides is 1. The van der Waals surface area contributed by atoms with Gasteiger partial charge in [-0.2, -0.15) is 9.78 Å². The molecule has 4 rings (SSSR count). The third kappa shape index (κ3) is 4.21. The number of carbonyl (C=O) groups is 1. The van der Waals surface area contributed by atoms with E-state index in [2.05, 4.69) is 15.4 Å². The number of aromatic nitrogens is 3. The van der Waals surface area contributed by atoms with Gasteiger partial charge in [-0.1, -0.05) is 54.8 Å². The maximum atomic E-state index is 13.2. The third-order valence-electron chi connectivity index (χ3n) is 5.47. The van der Waals surface area contributed by atoms with Gasteiger partial charge in [0.05, 0.1) is 22.3 Å². The van der Waals surface area contributed by atoms with Crippen LogP contribution in [0.1, 0.15) is 47.6 Å². The van der Waals surface area contributed by atoms with Crippen LogP contribution in [0.15, 0.2) is 64.3 Å². The molecule has 8 heteroatoms. The molecule has 1 amide bonds. The summed E-state index contributed by atoms with van der Waals surface area (Å²) in [6.45, 7) is 0. The highest BCUT2D eigenvalue weighted by atomic mass is 35.5. The van der Waals surface area contributed by atoms with Crippen molar-refractivity contribution in [2.24, 2.45) is 5.92 Å². The summed E-state index contributed by atoms with van der Waals surface area (Å²) in [6, 6.07) is 14.4. The molecular weight excluding hydrogens is 404 g/mol. The lowest BCUT2D eigenvalue weighted by Crippen LogP contribution is -2.33. The van der Waals surface area contributed by atoms with E-state index in [1.54, 1.807) is 6.07 Å². The average Bonchev–Trinajstić information content (AvgIpc) is 3.28. The first-order chi connectivity index (χ1) is 14.5. The summed E-state index contributed by atoms with van der Waals surface area (Å²) in [4.78, 5) is 38.6. The predicted molar refractivity (Wildman–Crippen MR) is 114 cm³/mol. The maximum absolute atomic E-state index is 13.2. The van der Waals surface area contributed by atoms with Crippen molar-refractivity contribution >= 4 is 17.5 Å². The number of hydrogen-bond acceptors (Lipinski definition) is 4. The Hall–Kier alpha value is -3.19. The van der Waals surface area contributed by atoms with Gasteiger partial charge in [0.25, 0.3) is 11.5 Å². The second-order valence-corrected chi connectivity index (χ2v) is 7.83. The molecule has 154 valence electrons. The van der Waals surface area contributed by atoms with E-state index in [9.17, 15) is 14.4 Å². The molecule has 1 atom stereocenters. The van der Waals surface area contributed by atoms with E-state index in [0.29, 0.717) is 11.6 Å². The first kappa shape index (κ1) is 20.1. The fraction of sp³-hybridized carbons (Fsp3) is 0.273. The van der Waals surface area contributed by atoms with Crippen LogP contribution in [0.25, 0.3) is 5.69 Å². The zero-order valence-corrected chi connectivity index (χ0v) is 16.9. The number of hydrogen-bond donors (Lipinski definition) is 2. The highest BCUT2D eigenvalue weighted by molar-refractivity contribution is 6.33. The minimum absolute atomic E-state index is 0.116. The van der Waals surface area contributed by atoms with Gasteiger partial charge < -0.3 is 5.32 Å². The molecule has 30 heavy (non-hydrogen) atoms. The zero-order chi connectivity index (χ0) is 21.1. The lowest BCUT2D eigenvalue weighted by molar-refractivity contribution is 0.0922. The Labute approximate surface area is 177 Å². The summed E-state index contributed by atoms with van der Waals surface area (Å²) in [5.74, 6) is 0.0434. The van der Waals surface area contributed by atoms with Crippen LogP contribution in [0, 0.1) is 5.92 Å². The second kappa shape index (κ2) is 8.67. The molecule has 0 bridgehead atoms. The van der Waals surface area contributed by atoms with Gasteiger partial charge in [-0.15, -0.1) is 0 Å². The number of halogens is 1. The van der Waals surface area contributed by atoms with E-state index in [1.165, 1.54) is 12.1 Å². The van der Waals surface area contributed by atoms with Gasteiger partial charge in [-0.05, 0) is 42.5 Å². The van der Waals surface area contributed by atoms with Crippen molar-refractivity contribution in [3.63, 3.8) is 0 Å². The summed E-state index contributed by atoms with van der Waals surface area (Å²) in [5.41, 5.74) is 0.356. The van der Waals surface area contributed by atoms with Gasteiger partial charge in [-0.25, -0.2) is 4.79 Å². The number of nitrogens with one attached hydrogen (secondary N) is 2. The lowest BCUT2D eigenvalue weighted by Gasteiger charge is -2.25. The second-order valence-electron chi connectivity index (χ2n) is 7.42. The molecule has 1 aliphatic rings. The fourth-order valence-corrected chi connectivity index (χ4v) is 4.20. The number of rotatable bonds is 5. The van der Waals surface area contributed by atoms with Crippen molar-refractivity contribution in [2.45, 2.75) is 31.7 Å². The Morgan fingerprint density at radius 2 is 1.87 bits per heavy atom. The van der Waals surface area contributed by atoms with E-state index < -0.39 is 11.2 Å². The molecule has 1 saturated carbocycles. The summed E-state index contributed by atoms with van der Waals surface area (Å²) in [6.07, 6.45) is 5.43. The van der Waals surface area contributed by atoms with E-state index >= 15 is 0 Å². The molecule has 1 aromatic heterocycles. The standard InChI is InChI=1S/C22H21ClN4O3/c23-18-11-10-16(27-22(30)25-19(28)13-24-27)12-17(18)21(29)26-20(15-8-4-5-9-15)14-6-2-1-3-7-14/h1-3,6-7,10-13,15,20H,4-5,8-9H2,(H,26,29)(H,25,28,30). The van der Waals surface area contributed by atoms with Crippen molar-refractivity contribution in [2.75, 3.05) is 0 Å². The summed E-state index contributed by atoms with van der Waals surface area (Å²) in [7, 11) is 0. The normalized spacial score (nSPS) is 15.1. The topological polar surface area (TPSA) is 96.8 Å². The first-order valence-corrected chi connectivity index (χ1v) is 10.2. The molecule has 0 radical (unpaired) electrons. The Morgan fingerprint density at radius 1 is 1.13 bits per heavy atom. The van der Waals surface area contributed by atoms with Crippen molar-refractivity contribution < 1.29 is 4.79 Å². The molecule has 0 aliphatic heterocycles. The molecule has 1 fully saturated rings. The lowest BCUT2D eigenvalue weighted by atomic mass is 9.91. The van der Waals surface area contributed by atoms with Crippen molar-refractivity contribution in [1.29, 1.82) is 0 Å². The fourth-order valence-electron chi connectivity index (χ4n) is 4.00. The highest BCUT2D eigenvalue weighted by Gasteiger charge is 2.28. The van der Waals surface area contributed by atoms with Crippen LogP contribution in [0.2, 0.25) is 5.02 Å². The number of H-pyrrole nitrogens is 1. The van der Waals surface area contributed by atoms with Crippen LogP contribution in [-0.2, 0) is 0 Å². The molecule has 1 heterocycles. The first-order valence-electron chi connectivity index (χ1n) is 9.87. The smallest absolute Gasteiger partial charge is 0.345 e. The molecule has 0 spiro atoms. The van der Waals surface area contributed by atoms with Gasteiger partial charge in [0.2, 0.25) is 0 Å². The van der Waals surface area contributed by atoms with Crippen LogP contribution in [-0.4, -0.2) is 20.7 Å². The van der Waals surface area contributed by atoms with Gasteiger partial charge in [-0.3, -0.25) is 14.6 Å². The number of aromatic amines is 1. The Bertz CT molecular complexity index is 1170. The third-order valence-corrected chi connectivity index (χ3v) is 5.80. The Morgan fingerprint density at radius 3 is 2.57 bits per heavy atom. The van der Waals surface area contributed by atoms with Crippen molar-refractivity contribution in [3.8, 4) is 5.69 Å². The Kier molecular flexibility index (Phi) is 5.81. The zero-order valence-electron chi connectivity index (χ0n) is 16.2. The van der Waals surface area contributed by atoms with Crippen LogP contribution >= 0.6 is 11.6 Å². The van der Waals surface area contributed by atoms with E-state index in [4.69, 9.17) is 11.6 Å². The predicted octanol–water partition coefficient (Wildman–Crippen LogP) is 3.24. The summed E-state index contributed by atoms with van der Waals surface area (Å²) >= 11 is 6.31. The molecule has 2 N–H and O–H groups in total. The molecule has 1 unspecified atom stereocenters. The number of nitrogens with zero attached hydrogens (tertiary/aromatic N) is 2. The van der Waals surface area contributed by atoms with Crippen LogP contribution in [0.3, 0.4) is 0 Å². The van der Waals surface area contributed by atoms with E-state index in [1.807, 2.05) is 30.3 Å². The minimum atomic E-state index is -0.690. The molecule has 7 nitrogen and oxygen atoms in total. The van der Waals surface area contributed by atoms with Crippen LogP contribution in [0.4, 0.5) is 0 Å². The van der Waals surface area contributed by atoms with Crippen molar-refractivity contribution in [1.82, 2.24) is 20.1 Å². The quantitative estimate of drug-likeness (QED) is 0.657. The SMILES string of the molecule is O=C(NC(c1ccccc1)C1CCCC1)c1cc(-n2ncc(=O)[nH]c2=O)ccc1Cl.